The van der Waals surface area contributed by atoms with Gasteiger partial charge in [0.1, 0.15) is 5.60 Å². The fourth-order valence-corrected chi connectivity index (χ4v) is 3.19. The summed E-state index contributed by atoms with van der Waals surface area (Å²) >= 11 is 0. The molecule has 4 nitrogen and oxygen atoms in total. The molecule has 0 bridgehead atoms. The lowest BCUT2D eigenvalue weighted by Gasteiger charge is -2.33. The van der Waals surface area contributed by atoms with Crippen molar-refractivity contribution in [3.05, 3.63) is 24.0 Å². The summed E-state index contributed by atoms with van der Waals surface area (Å²) in [6.07, 6.45) is 12.3. The second-order valence-corrected chi connectivity index (χ2v) is 7.86. The fraction of sp³-hybridized carbons (Fsp3) is 0.737. The number of hydrogen-bond donors (Lipinski definition) is 0. The molecule has 2 rings (SSSR count). The Kier molecular flexibility index (Phi) is 6.14. The summed E-state index contributed by atoms with van der Waals surface area (Å²) in [6.45, 7) is 10.7. The van der Waals surface area contributed by atoms with Crippen molar-refractivity contribution in [3.8, 4) is 0 Å². The molecule has 2 heterocycles. The van der Waals surface area contributed by atoms with E-state index in [1.165, 1.54) is 18.4 Å². The molecule has 0 aliphatic carbocycles. The van der Waals surface area contributed by atoms with E-state index in [1.807, 2.05) is 25.7 Å². The van der Waals surface area contributed by atoms with E-state index in [2.05, 4.69) is 30.3 Å². The van der Waals surface area contributed by atoms with Crippen molar-refractivity contribution in [1.29, 1.82) is 0 Å². The standard InChI is InChI=1S/C19H32N2O2/c1-16-7-5-11-20(15-16)12-6-8-17-9-13-21(14-10-17)18(22)23-19(2,3)4/h5,11,15,17H,6-10,12-14H2,1-4H3. The van der Waals surface area contributed by atoms with Crippen molar-refractivity contribution in [2.45, 2.75) is 65.4 Å². The summed E-state index contributed by atoms with van der Waals surface area (Å²) in [5, 5.41) is 0. The molecule has 130 valence electrons. The van der Waals surface area contributed by atoms with Crippen LogP contribution < -0.4 is 0 Å². The predicted octanol–water partition coefficient (Wildman–Crippen LogP) is 4.54. The SMILES string of the molecule is CC1=CN(CCCC2CCN(C(=O)OC(C)(C)C)CC2)C=CC1. The molecular weight excluding hydrogens is 288 g/mol. The summed E-state index contributed by atoms with van der Waals surface area (Å²) in [4.78, 5) is 16.2. The average molecular weight is 320 g/mol. The number of hydrogen-bond acceptors (Lipinski definition) is 3. The molecule has 0 unspecified atom stereocenters. The van der Waals surface area contributed by atoms with Crippen LogP contribution in [0.2, 0.25) is 0 Å². The van der Waals surface area contributed by atoms with Crippen LogP contribution in [0.25, 0.3) is 0 Å². The number of carbonyl (C=O) groups is 1. The van der Waals surface area contributed by atoms with Gasteiger partial charge < -0.3 is 14.5 Å². The van der Waals surface area contributed by atoms with E-state index in [0.29, 0.717) is 0 Å². The van der Waals surface area contributed by atoms with Crippen molar-refractivity contribution in [3.63, 3.8) is 0 Å². The molecule has 0 atom stereocenters. The monoisotopic (exact) mass is 320 g/mol. The number of rotatable bonds is 4. The molecule has 2 aliphatic rings. The smallest absolute Gasteiger partial charge is 0.410 e. The number of ether oxygens (including phenoxy) is 1. The highest BCUT2D eigenvalue weighted by atomic mass is 16.6. The van der Waals surface area contributed by atoms with Crippen LogP contribution in [0.1, 0.15) is 59.8 Å². The molecule has 0 N–H and O–H groups in total. The van der Waals surface area contributed by atoms with Crippen LogP contribution in [0.3, 0.4) is 0 Å². The van der Waals surface area contributed by atoms with Gasteiger partial charge in [0.15, 0.2) is 0 Å². The third-order valence-electron chi connectivity index (χ3n) is 4.42. The first-order valence-corrected chi connectivity index (χ1v) is 8.91. The van der Waals surface area contributed by atoms with Gasteiger partial charge in [0.2, 0.25) is 0 Å². The van der Waals surface area contributed by atoms with E-state index in [0.717, 1.165) is 44.8 Å². The maximum Gasteiger partial charge on any atom is 0.410 e. The highest BCUT2D eigenvalue weighted by Gasteiger charge is 2.26. The van der Waals surface area contributed by atoms with Crippen LogP contribution in [-0.2, 0) is 4.74 Å². The number of allylic oxidation sites excluding steroid dienone is 2. The number of nitrogens with zero attached hydrogens (tertiary/aromatic N) is 2. The molecule has 1 saturated heterocycles. The van der Waals surface area contributed by atoms with Crippen LogP contribution in [0, 0.1) is 5.92 Å². The Morgan fingerprint density at radius 3 is 2.61 bits per heavy atom. The number of piperidine rings is 1. The van der Waals surface area contributed by atoms with Crippen LogP contribution in [0.5, 0.6) is 0 Å². The normalized spacial score (nSPS) is 19.7. The topological polar surface area (TPSA) is 32.8 Å². The van der Waals surface area contributed by atoms with Gasteiger partial charge >= 0.3 is 6.09 Å². The van der Waals surface area contributed by atoms with Crippen molar-refractivity contribution in [2.24, 2.45) is 5.92 Å². The lowest BCUT2D eigenvalue weighted by atomic mass is 9.92. The third-order valence-corrected chi connectivity index (χ3v) is 4.42. The zero-order chi connectivity index (χ0) is 16.9. The van der Waals surface area contributed by atoms with E-state index in [-0.39, 0.29) is 6.09 Å². The van der Waals surface area contributed by atoms with Crippen LogP contribution in [0.15, 0.2) is 24.0 Å². The molecule has 0 aromatic heterocycles. The Morgan fingerprint density at radius 2 is 2.00 bits per heavy atom. The lowest BCUT2D eigenvalue weighted by Crippen LogP contribution is -2.41. The van der Waals surface area contributed by atoms with Crippen LogP contribution in [-0.4, -0.2) is 41.1 Å². The van der Waals surface area contributed by atoms with Gasteiger partial charge in [-0.25, -0.2) is 4.79 Å². The van der Waals surface area contributed by atoms with Crippen molar-refractivity contribution in [2.75, 3.05) is 19.6 Å². The average Bonchev–Trinajstić information content (AvgIpc) is 2.46. The van der Waals surface area contributed by atoms with Gasteiger partial charge in [-0.05, 0) is 71.9 Å². The maximum absolute atomic E-state index is 12.1. The molecule has 0 spiro atoms. The molecule has 23 heavy (non-hydrogen) atoms. The summed E-state index contributed by atoms with van der Waals surface area (Å²) in [5.41, 5.74) is 1.03. The van der Waals surface area contributed by atoms with Gasteiger partial charge in [0.25, 0.3) is 0 Å². The number of likely N-dealkylation sites (tertiary alicyclic amines) is 1. The molecule has 0 aromatic rings. The van der Waals surface area contributed by atoms with E-state index in [9.17, 15) is 4.79 Å². The van der Waals surface area contributed by atoms with Gasteiger partial charge in [-0.1, -0.05) is 11.6 Å². The molecule has 1 fully saturated rings. The van der Waals surface area contributed by atoms with Gasteiger partial charge in [-0.15, -0.1) is 0 Å². The Bertz CT molecular complexity index is 454. The first kappa shape index (κ1) is 17.9. The Labute approximate surface area is 141 Å². The first-order valence-electron chi connectivity index (χ1n) is 8.91. The first-order chi connectivity index (χ1) is 10.8. The molecule has 0 radical (unpaired) electrons. The molecule has 4 heteroatoms. The number of amides is 1. The van der Waals surface area contributed by atoms with E-state index in [1.54, 1.807) is 0 Å². The van der Waals surface area contributed by atoms with Gasteiger partial charge in [0.05, 0.1) is 0 Å². The Morgan fingerprint density at radius 1 is 1.30 bits per heavy atom. The minimum atomic E-state index is -0.401. The van der Waals surface area contributed by atoms with Gasteiger partial charge in [0, 0.05) is 25.8 Å². The highest BCUT2D eigenvalue weighted by Crippen LogP contribution is 2.24. The Hall–Kier alpha value is -1.45. The molecular formula is C19H32N2O2. The third kappa shape index (κ3) is 6.28. The molecule has 0 aromatic carbocycles. The molecule has 0 saturated carbocycles. The van der Waals surface area contributed by atoms with E-state index in [4.69, 9.17) is 4.74 Å². The minimum absolute atomic E-state index is 0.157. The fourth-order valence-electron chi connectivity index (χ4n) is 3.19. The number of carbonyl (C=O) groups excluding carboxylic acids is 1. The van der Waals surface area contributed by atoms with Crippen LogP contribution >= 0.6 is 0 Å². The summed E-state index contributed by atoms with van der Waals surface area (Å²) in [7, 11) is 0. The van der Waals surface area contributed by atoms with Crippen molar-refractivity contribution in [1.82, 2.24) is 9.80 Å². The van der Waals surface area contributed by atoms with E-state index < -0.39 is 5.60 Å². The molecule has 1 amide bonds. The minimum Gasteiger partial charge on any atom is -0.444 e. The zero-order valence-electron chi connectivity index (χ0n) is 15.2. The second-order valence-electron chi connectivity index (χ2n) is 7.86. The van der Waals surface area contributed by atoms with Crippen LogP contribution in [0.4, 0.5) is 4.79 Å². The molecule has 2 aliphatic heterocycles. The quantitative estimate of drug-likeness (QED) is 0.762. The largest absolute Gasteiger partial charge is 0.444 e. The summed E-state index contributed by atoms with van der Waals surface area (Å²) < 4.78 is 5.45. The Balaban J connectivity index is 1.64. The zero-order valence-corrected chi connectivity index (χ0v) is 15.2. The van der Waals surface area contributed by atoms with Gasteiger partial charge in [-0.2, -0.15) is 0 Å². The maximum atomic E-state index is 12.1. The summed E-state index contributed by atoms with van der Waals surface area (Å²) in [6, 6.07) is 0. The highest BCUT2D eigenvalue weighted by molar-refractivity contribution is 5.68. The predicted molar refractivity (Wildman–Crippen MR) is 94.0 cm³/mol. The van der Waals surface area contributed by atoms with E-state index >= 15 is 0 Å². The lowest BCUT2D eigenvalue weighted by molar-refractivity contribution is 0.0180. The second kappa shape index (κ2) is 7.89. The van der Waals surface area contributed by atoms with Gasteiger partial charge in [-0.3, -0.25) is 0 Å². The van der Waals surface area contributed by atoms with Crippen molar-refractivity contribution >= 4 is 6.09 Å². The van der Waals surface area contributed by atoms with Crippen molar-refractivity contribution < 1.29 is 9.53 Å². The summed E-state index contributed by atoms with van der Waals surface area (Å²) in [5.74, 6) is 0.743.